The molecule has 4 atom stereocenters. The van der Waals surface area contributed by atoms with Gasteiger partial charge in [-0.2, -0.15) is 0 Å². The maximum Gasteiger partial charge on any atom is 0.100 e. The zero-order valence-electron chi connectivity index (χ0n) is 27.1. The van der Waals surface area contributed by atoms with E-state index in [2.05, 4.69) is 163 Å². The molecule has 4 aromatic rings. The highest BCUT2D eigenvalue weighted by molar-refractivity contribution is 8.04. The van der Waals surface area contributed by atoms with Gasteiger partial charge in [-0.15, -0.1) is 46.2 Å². The molecule has 0 saturated carbocycles. The molecule has 2 aromatic heterocycles. The number of nitrogens with zero attached hydrogens (tertiary/aromatic N) is 2. The first-order valence-electron chi connectivity index (χ1n) is 16.3. The second-order valence-corrected chi connectivity index (χ2v) is 18.2. The van der Waals surface area contributed by atoms with Crippen LogP contribution in [-0.4, -0.2) is 10.1 Å². The molecule has 6 heteroatoms. The Morgan fingerprint density at radius 3 is 2.32 bits per heavy atom. The van der Waals surface area contributed by atoms with Crippen molar-refractivity contribution in [2.75, 3.05) is 9.80 Å². The van der Waals surface area contributed by atoms with Crippen molar-refractivity contribution in [3.8, 4) is 11.8 Å². The molecule has 0 bridgehead atoms. The van der Waals surface area contributed by atoms with Crippen LogP contribution in [-0.2, 0) is 5.41 Å². The third-order valence-electron chi connectivity index (χ3n) is 9.90. The van der Waals surface area contributed by atoms with E-state index in [-0.39, 0.29) is 10.3 Å². The van der Waals surface area contributed by atoms with Crippen molar-refractivity contribution in [1.82, 2.24) is 0 Å². The van der Waals surface area contributed by atoms with Crippen LogP contribution in [0.4, 0.5) is 21.4 Å². The van der Waals surface area contributed by atoms with E-state index >= 15 is 0 Å². The van der Waals surface area contributed by atoms with Crippen LogP contribution in [0.25, 0.3) is 0 Å². The number of anilines is 4. The minimum absolute atomic E-state index is 0.00583. The van der Waals surface area contributed by atoms with Crippen LogP contribution < -0.4 is 9.80 Å². The Bertz CT molecular complexity index is 1960. The number of rotatable bonds is 6. The molecule has 0 N–H and O–H groups in total. The fraction of sp³-hybridized carbons (Fsp3) is 0.268. The van der Waals surface area contributed by atoms with Crippen molar-refractivity contribution >= 4 is 67.6 Å². The summed E-state index contributed by atoms with van der Waals surface area (Å²) in [7, 11) is 0. The molecule has 0 amide bonds. The highest BCUT2D eigenvalue weighted by Gasteiger charge is 2.46. The van der Waals surface area contributed by atoms with E-state index in [4.69, 9.17) is 0 Å². The zero-order chi connectivity index (χ0) is 32.2. The average Bonchev–Trinajstić information content (AvgIpc) is 3.92. The van der Waals surface area contributed by atoms with Gasteiger partial charge < -0.3 is 4.90 Å². The van der Waals surface area contributed by atoms with Crippen molar-refractivity contribution in [2.45, 2.75) is 62.0 Å². The largest absolute Gasteiger partial charge is 0.318 e. The van der Waals surface area contributed by atoms with Crippen LogP contribution in [0.2, 0.25) is 0 Å². The van der Waals surface area contributed by atoms with E-state index < -0.39 is 0 Å². The molecular formula is C41H38N2S4. The molecule has 0 saturated heterocycles. The van der Waals surface area contributed by atoms with Gasteiger partial charge in [0.25, 0.3) is 0 Å². The fourth-order valence-electron chi connectivity index (χ4n) is 7.42. The molecule has 2 aliphatic heterocycles. The Balaban J connectivity index is 1.05. The average molecular weight is 687 g/mol. The predicted octanol–water partition coefficient (Wildman–Crippen LogP) is 12.4. The second kappa shape index (κ2) is 12.3. The summed E-state index contributed by atoms with van der Waals surface area (Å²) in [6, 6.07) is 24.7. The van der Waals surface area contributed by atoms with E-state index in [0.717, 1.165) is 24.0 Å². The second-order valence-electron chi connectivity index (χ2n) is 13.5. The van der Waals surface area contributed by atoms with Crippen molar-refractivity contribution < 1.29 is 0 Å². The van der Waals surface area contributed by atoms with Crippen molar-refractivity contribution in [1.29, 1.82) is 0 Å². The van der Waals surface area contributed by atoms with E-state index in [9.17, 15) is 0 Å². The number of thioether (sulfide) groups is 2. The van der Waals surface area contributed by atoms with Crippen LogP contribution in [0, 0.1) is 17.8 Å². The van der Waals surface area contributed by atoms with Crippen LogP contribution >= 0.6 is 46.2 Å². The van der Waals surface area contributed by atoms with Gasteiger partial charge in [-0.25, -0.2) is 0 Å². The Hall–Kier alpha value is -3.34. The summed E-state index contributed by atoms with van der Waals surface area (Å²) >= 11 is 7.47. The van der Waals surface area contributed by atoms with Crippen molar-refractivity contribution in [3.63, 3.8) is 0 Å². The van der Waals surface area contributed by atoms with Gasteiger partial charge in [-0.1, -0.05) is 69.1 Å². The molecule has 8 rings (SSSR count). The summed E-state index contributed by atoms with van der Waals surface area (Å²) in [5, 5.41) is 11.1. The number of benzene rings is 2. The lowest BCUT2D eigenvalue weighted by molar-refractivity contribution is 0.393. The van der Waals surface area contributed by atoms with E-state index in [1.165, 1.54) is 37.5 Å². The van der Waals surface area contributed by atoms with Crippen LogP contribution in [0.1, 0.15) is 63.1 Å². The number of hydrogen-bond donors (Lipinski definition) is 0. The molecule has 4 unspecified atom stereocenters. The van der Waals surface area contributed by atoms with E-state index in [1.54, 1.807) is 11.3 Å². The van der Waals surface area contributed by atoms with Crippen LogP contribution in [0.3, 0.4) is 0 Å². The molecule has 2 aromatic carbocycles. The number of fused-ring (bicyclic) bond motifs is 3. The lowest BCUT2D eigenvalue weighted by atomic mass is 9.73. The number of thiophene rings is 2. The van der Waals surface area contributed by atoms with Crippen molar-refractivity contribution in [2.24, 2.45) is 5.92 Å². The highest BCUT2D eigenvalue weighted by atomic mass is 32.2. The Labute approximate surface area is 296 Å². The lowest BCUT2D eigenvalue weighted by Gasteiger charge is -2.39. The van der Waals surface area contributed by atoms with Gasteiger partial charge in [0, 0.05) is 33.7 Å². The van der Waals surface area contributed by atoms with E-state index in [0.29, 0.717) is 17.1 Å². The van der Waals surface area contributed by atoms with E-state index in [1.807, 2.05) is 34.9 Å². The topological polar surface area (TPSA) is 6.48 Å². The molecular weight excluding hydrogens is 649 g/mol. The minimum Gasteiger partial charge on any atom is -0.318 e. The summed E-state index contributed by atoms with van der Waals surface area (Å²) in [4.78, 5) is 4.92. The molecule has 4 aliphatic rings. The first-order valence-corrected chi connectivity index (χ1v) is 19.9. The maximum absolute atomic E-state index is 3.52. The maximum atomic E-state index is 3.52. The van der Waals surface area contributed by atoms with Gasteiger partial charge in [-0.3, -0.25) is 4.90 Å². The molecule has 47 heavy (non-hydrogen) atoms. The quantitative estimate of drug-likeness (QED) is 0.186. The minimum atomic E-state index is -0.0249. The van der Waals surface area contributed by atoms with Crippen molar-refractivity contribution in [3.05, 3.63) is 141 Å². The molecule has 2 aliphatic carbocycles. The zero-order valence-corrected chi connectivity index (χ0v) is 30.4. The van der Waals surface area contributed by atoms with Crippen LogP contribution in [0.5, 0.6) is 0 Å². The molecule has 0 spiro atoms. The predicted molar refractivity (Wildman–Crippen MR) is 209 cm³/mol. The summed E-state index contributed by atoms with van der Waals surface area (Å²) < 4.78 is 0. The monoisotopic (exact) mass is 686 g/mol. The first-order chi connectivity index (χ1) is 22.8. The summed E-state index contributed by atoms with van der Waals surface area (Å²) in [6.45, 7) is 9.50. The summed E-state index contributed by atoms with van der Waals surface area (Å²) in [5.74, 6) is 7.75. The van der Waals surface area contributed by atoms with Gasteiger partial charge >= 0.3 is 0 Å². The molecule has 236 valence electrons. The molecule has 2 nitrogen and oxygen atoms in total. The van der Waals surface area contributed by atoms with Gasteiger partial charge in [0.05, 0.1) is 14.9 Å². The van der Waals surface area contributed by atoms with Gasteiger partial charge in [0.2, 0.25) is 0 Å². The lowest BCUT2D eigenvalue weighted by Crippen LogP contribution is -2.38. The van der Waals surface area contributed by atoms with Crippen LogP contribution in [0.15, 0.2) is 124 Å². The standard InChI is InChI=1S/C41H38N2S4/c1-28-10-21-38(47-28)42(37-8-5-23-44-37)31-16-13-29(14-17-31)11-12-30-15-19-33-34-20-18-32(27-36(34)40(2,3)35(33)26-30)43(39-9-6-24-45-39)41(4)22-7-25-46-41/h5-9,13-21,23-28,33,35H,10,22H2,1-4H3. The number of hydrogen-bond acceptors (Lipinski definition) is 6. The highest BCUT2D eigenvalue weighted by Crippen LogP contribution is 2.56. The van der Waals surface area contributed by atoms with Gasteiger partial charge in [-0.05, 0) is 119 Å². The third-order valence-corrected chi connectivity index (χ3v) is 14.0. The molecule has 4 heterocycles. The third kappa shape index (κ3) is 5.66. The Kier molecular flexibility index (Phi) is 8.09. The number of allylic oxidation sites excluding steroid dienone is 5. The smallest absolute Gasteiger partial charge is 0.100 e. The normalized spacial score (nSPS) is 25.1. The summed E-state index contributed by atoms with van der Waals surface area (Å²) in [5.41, 5.74) is 7.52. The van der Waals surface area contributed by atoms with Gasteiger partial charge in [0.1, 0.15) is 5.00 Å². The van der Waals surface area contributed by atoms with Gasteiger partial charge in [0.15, 0.2) is 0 Å². The summed E-state index contributed by atoms with van der Waals surface area (Å²) in [6.07, 6.45) is 13.9. The molecule has 0 radical (unpaired) electrons. The Morgan fingerprint density at radius 1 is 0.872 bits per heavy atom. The molecule has 0 fully saturated rings. The Morgan fingerprint density at radius 2 is 1.64 bits per heavy atom. The SMILES string of the molecule is CC1CC=C(N(c2ccc(C#CC3=CC4C(C=C3)c3ccc(N(c5cccs5)C5(C)CC=CS5)cc3C4(C)C)cc2)c2cccs2)S1. The fourth-order valence-corrected chi connectivity index (χ4v) is 11.3. The first kappa shape index (κ1) is 31.0.